The Labute approximate surface area is 155 Å². The highest BCUT2D eigenvalue weighted by atomic mass is 16.7. The van der Waals surface area contributed by atoms with Gasteiger partial charge < -0.3 is 24.4 Å². The van der Waals surface area contributed by atoms with Crippen LogP contribution in [0.4, 0.5) is 0 Å². The summed E-state index contributed by atoms with van der Waals surface area (Å²) in [4.78, 5) is 12.7. The zero-order valence-electron chi connectivity index (χ0n) is 16.1. The maximum atomic E-state index is 12.7. The van der Waals surface area contributed by atoms with Crippen molar-refractivity contribution in [1.82, 2.24) is 0 Å². The topological polar surface area (TPSA) is 85.2 Å². The van der Waals surface area contributed by atoms with E-state index in [0.717, 1.165) is 5.56 Å². The molecule has 0 spiro atoms. The lowest BCUT2D eigenvalue weighted by Gasteiger charge is -2.49. The molecule has 1 aromatic carbocycles. The minimum absolute atomic E-state index is 0.225. The molecule has 1 saturated heterocycles. The minimum atomic E-state index is -1.96. The van der Waals surface area contributed by atoms with E-state index in [2.05, 4.69) is 0 Å². The van der Waals surface area contributed by atoms with Crippen LogP contribution in [0.15, 0.2) is 30.3 Å². The van der Waals surface area contributed by atoms with E-state index >= 15 is 0 Å². The van der Waals surface area contributed by atoms with E-state index in [4.69, 9.17) is 14.2 Å². The van der Waals surface area contributed by atoms with Crippen LogP contribution in [0.1, 0.15) is 45.8 Å². The zero-order valence-corrected chi connectivity index (χ0v) is 16.1. The molecule has 1 heterocycles. The highest BCUT2D eigenvalue weighted by Gasteiger charge is 2.57. The van der Waals surface area contributed by atoms with Crippen molar-refractivity contribution < 1.29 is 29.2 Å². The van der Waals surface area contributed by atoms with Gasteiger partial charge in [0.15, 0.2) is 0 Å². The summed E-state index contributed by atoms with van der Waals surface area (Å²) in [6, 6.07) is 9.35. The number of methoxy groups -OCH3 is 1. The van der Waals surface area contributed by atoms with Gasteiger partial charge in [0.05, 0.1) is 12.2 Å². The molecule has 2 rings (SSSR count). The molecule has 26 heavy (non-hydrogen) atoms. The van der Waals surface area contributed by atoms with Gasteiger partial charge in [0.1, 0.15) is 18.1 Å². The molecule has 1 aliphatic rings. The number of aliphatic hydroxyl groups excluding tert-OH is 1. The Bertz CT molecular complexity index is 591. The Morgan fingerprint density at radius 3 is 2.46 bits per heavy atom. The second kappa shape index (κ2) is 8.48. The Hall–Kier alpha value is -1.47. The van der Waals surface area contributed by atoms with E-state index in [1.807, 2.05) is 44.2 Å². The molecule has 0 bridgehead atoms. The van der Waals surface area contributed by atoms with Gasteiger partial charge in [0, 0.05) is 13.0 Å². The van der Waals surface area contributed by atoms with Gasteiger partial charge in [-0.25, -0.2) is 0 Å². The van der Waals surface area contributed by atoms with E-state index in [9.17, 15) is 15.0 Å². The first-order chi connectivity index (χ1) is 12.3. The van der Waals surface area contributed by atoms with Crippen LogP contribution in [0.3, 0.4) is 0 Å². The van der Waals surface area contributed by atoms with Gasteiger partial charge in [-0.1, -0.05) is 44.2 Å². The number of benzene rings is 1. The maximum absolute atomic E-state index is 12.7. The molecule has 6 nitrogen and oxygen atoms in total. The van der Waals surface area contributed by atoms with Gasteiger partial charge in [0.2, 0.25) is 5.79 Å². The average molecular weight is 366 g/mol. The van der Waals surface area contributed by atoms with E-state index in [0.29, 0.717) is 6.42 Å². The third-order valence-electron chi connectivity index (χ3n) is 5.38. The normalized spacial score (nSPS) is 34.1. The van der Waals surface area contributed by atoms with Crippen molar-refractivity contribution >= 4 is 5.97 Å². The van der Waals surface area contributed by atoms with E-state index in [1.54, 1.807) is 6.92 Å². The van der Waals surface area contributed by atoms with Crippen LogP contribution in [0.25, 0.3) is 0 Å². The van der Waals surface area contributed by atoms with Gasteiger partial charge in [-0.3, -0.25) is 4.79 Å². The van der Waals surface area contributed by atoms with Gasteiger partial charge in [0.25, 0.3) is 0 Å². The van der Waals surface area contributed by atoms with Gasteiger partial charge in [-0.15, -0.1) is 0 Å². The summed E-state index contributed by atoms with van der Waals surface area (Å²) in [5.41, 5.74) is 0.855. The molecule has 1 aromatic rings. The molecular weight excluding hydrogens is 336 g/mol. The summed E-state index contributed by atoms with van der Waals surface area (Å²) in [7, 11) is 1.38. The van der Waals surface area contributed by atoms with Crippen molar-refractivity contribution in [3.05, 3.63) is 35.9 Å². The third-order valence-corrected chi connectivity index (χ3v) is 5.38. The molecular formula is C20H30O6. The average Bonchev–Trinajstić information content (AvgIpc) is 2.65. The first-order valence-corrected chi connectivity index (χ1v) is 9.12. The third kappa shape index (κ3) is 3.93. The minimum Gasteiger partial charge on any atom is -0.457 e. The van der Waals surface area contributed by atoms with Crippen LogP contribution in [-0.4, -0.2) is 47.4 Å². The molecule has 2 N–H and O–H groups in total. The van der Waals surface area contributed by atoms with Crippen molar-refractivity contribution in [3.8, 4) is 0 Å². The summed E-state index contributed by atoms with van der Waals surface area (Å²) < 4.78 is 16.7. The summed E-state index contributed by atoms with van der Waals surface area (Å²) in [6.07, 6.45) is -2.26. The van der Waals surface area contributed by atoms with Crippen LogP contribution in [0, 0.1) is 11.8 Å². The molecule has 0 radical (unpaired) electrons. The number of ether oxygens (including phenoxy) is 3. The number of esters is 1. The van der Waals surface area contributed by atoms with Crippen molar-refractivity contribution in [2.75, 3.05) is 7.11 Å². The summed E-state index contributed by atoms with van der Waals surface area (Å²) in [6.45, 7) is 7.04. The van der Waals surface area contributed by atoms with Gasteiger partial charge in [-0.05, 0) is 25.8 Å². The number of rotatable bonds is 6. The summed E-state index contributed by atoms with van der Waals surface area (Å²) in [5, 5.41) is 21.7. The number of hydrogen-bond donors (Lipinski definition) is 2. The molecule has 0 aromatic heterocycles. The van der Waals surface area contributed by atoms with Gasteiger partial charge in [-0.2, -0.15) is 0 Å². The predicted molar refractivity (Wildman–Crippen MR) is 96.2 cm³/mol. The number of carbonyl (C=O) groups excluding carboxylic acids is 1. The lowest BCUT2D eigenvalue weighted by molar-refractivity contribution is -0.356. The monoisotopic (exact) mass is 366 g/mol. The molecule has 146 valence electrons. The van der Waals surface area contributed by atoms with Crippen LogP contribution in [-0.2, 0) is 19.0 Å². The van der Waals surface area contributed by atoms with Gasteiger partial charge >= 0.3 is 5.97 Å². The first kappa shape index (κ1) is 20.8. The molecule has 0 saturated carbocycles. The largest absolute Gasteiger partial charge is 0.457 e. The highest BCUT2D eigenvalue weighted by Crippen LogP contribution is 2.39. The smallest absolute Gasteiger partial charge is 0.314 e. The summed E-state index contributed by atoms with van der Waals surface area (Å²) in [5.74, 6) is -3.83. The maximum Gasteiger partial charge on any atom is 0.314 e. The van der Waals surface area contributed by atoms with Crippen molar-refractivity contribution in [1.29, 1.82) is 0 Å². The number of aliphatic hydroxyl groups is 2. The van der Waals surface area contributed by atoms with Crippen LogP contribution >= 0.6 is 0 Å². The molecule has 0 aliphatic carbocycles. The lowest BCUT2D eigenvalue weighted by Crippen LogP contribution is -2.66. The molecule has 1 aliphatic heterocycles. The lowest BCUT2D eigenvalue weighted by atomic mass is 9.80. The van der Waals surface area contributed by atoms with E-state index in [1.165, 1.54) is 14.0 Å². The van der Waals surface area contributed by atoms with Crippen molar-refractivity contribution in [2.45, 2.75) is 64.3 Å². The van der Waals surface area contributed by atoms with Crippen LogP contribution in [0.2, 0.25) is 0 Å². The second-order valence-electron chi connectivity index (χ2n) is 7.03. The zero-order chi connectivity index (χ0) is 19.5. The molecule has 0 amide bonds. The van der Waals surface area contributed by atoms with Crippen molar-refractivity contribution in [2.24, 2.45) is 11.8 Å². The number of hydrogen-bond acceptors (Lipinski definition) is 6. The first-order valence-electron chi connectivity index (χ1n) is 9.12. The fraction of sp³-hybridized carbons (Fsp3) is 0.650. The SMILES string of the molecule is CC[C@@H]1O[C@](O)([C@H](C)C(=O)O[C@@H](C)c2ccccc2)[C@H](OC)[C@@H](O)[C@@H]1C. The Kier molecular flexibility index (Phi) is 6.80. The predicted octanol–water partition coefficient (Wildman–Crippen LogP) is 2.44. The van der Waals surface area contributed by atoms with E-state index < -0.39 is 36.0 Å². The van der Waals surface area contributed by atoms with Crippen LogP contribution < -0.4 is 0 Å². The molecule has 6 heteroatoms. The molecule has 7 atom stereocenters. The molecule has 1 fully saturated rings. The summed E-state index contributed by atoms with van der Waals surface area (Å²) >= 11 is 0. The quantitative estimate of drug-likeness (QED) is 0.752. The Balaban J connectivity index is 2.18. The number of carbonyl (C=O) groups is 1. The fourth-order valence-electron chi connectivity index (χ4n) is 3.51. The second-order valence-corrected chi connectivity index (χ2v) is 7.03. The van der Waals surface area contributed by atoms with Crippen LogP contribution in [0.5, 0.6) is 0 Å². The van der Waals surface area contributed by atoms with Crippen molar-refractivity contribution in [3.63, 3.8) is 0 Å². The standard InChI is InChI=1S/C20H30O6/c1-6-16-12(2)17(21)18(24-5)20(23,26-16)13(3)19(22)25-14(4)15-10-8-7-9-11-15/h7-14,16-18,21,23H,6H2,1-5H3/t12-,13-,14+,16+,17+,18-,20-/m1/s1. The highest BCUT2D eigenvalue weighted by molar-refractivity contribution is 5.73. The fourth-order valence-corrected chi connectivity index (χ4v) is 3.51. The molecule has 0 unspecified atom stereocenters. The Morgan fingerprint density at radius 1 is 1.31 bits per heavy atom. The van der Waals surface area contributed by atoms with E-state index in [-0.39, 0.29) is 12.0 Å². The Morgan fingerprint density at radius 2 is 1.92 bits per heavy atom.